The van der Waals surface area contributed by atoms with Crippen molar-refractivity contribution in [2.45, 2.75) is 82.5 Å². The second-order valence-electron chi connectivity index (χ2n) is 30.5. The summed E-state index contributed by atoms with van der Waals surface area (Å²) in [5, 5.41) is 2.25. The number of hydrogen-bond donors (Lipinski definition) is 0. The first-order valence-corrected chi connectivity index (χ1v) is 35.0. The molecule has 20 rings (SSSR count). The Labute approximate surface area is 574 Å². The van der Waals surface area contributed by atoms with E-state index < -0.39 is 5.41 Å². The molecule has 0 N–H and O–H groups in total. The molecule has 5 aliphatic rings. The fraction of sp³-hybridized carbons (Fsp3) is 0.134. The zero-order chi connectivity index (χ0) is 65.9. The van der Waals surface area contributed by atoms with E-state index >= 15 is 0 Å². The van der Waals surface area contributed by atoms with Crippen LogP contribution in [0, 0.1) is 0 Å². The van der Waals surface area contributed by atoms with Crippen molar-refractivity contribution in [2.75, 3.05) is 0 Å². The second kappa shape index (κ2) is 20.0. The van der Waals surface area contributed by atoms with E-state index in [0.29, 0.717) is 0 Å². The molecule has 0 amide bonds. The van der Waals surface area contributed by atoms with Crippen LogP contribution in [-0.2, 0) is 27.1 Å². The molecule has 1 heteroatoms. The minimum atomic E-state index is -0.994. The zero-order valence-electron chi connectivity index (χ0n) is 56.6. The third-order valence-electron chi connectivity index (χ3n) is 24.2. The largest absolute Gasteiger partial charge is 0.456 e. The lowest BCUT2D eigenvalue weighted by atomic mass is 9.65. The summed E-state index contributed by atoms with van der Waals surface area (Å²) in [7, 11) is 0. The average molecular weight is 1250 g/mol. The normalized spacial score (nSPS) is 15.8. The van der Waals surface area contributed by atoms with Gasteiger partial charge in [-0.15, -0.1) is 0 Å². The van der Waals surface area contributed by atoms with Crippen LogP contribution in [0.5, 0.6) is 0 Å². The summed E-state index contributed by atoms with van der Waals surface area (Å²) >= 11 is 0. The Morgan fingerprint density at radius 1 is 0.204 bits per heavy atom. The molecule has 0 saturated carbocycles. The van der Waals surface area contributed by atoms with Crippen molar-refractivity contribution in [3.05, 3.63) is 358 Å². The average Bonchev–Trinajstić information content (AvgIpc) is 1.50. The lowest BCUT2D eigenvalue weighted by Crippen LogP contribution is -2.29. The summed E-state index contributed by atoms with van der Waals surface area (Å²) < 4.78 is 7.03. The van der Waals surface area contributed by atoms with Gasteiger partial charge in [0.25, 0.3) is 0 Å². The highest BCUT2D eigenvalue weighted by atomic mass is 16.3. The molecular weight excluding hydrogens is 1180 g/mol. The minimum Gasteiger partial charge on any atom is -0.456 e. The predicted molar refractivity (Wildman–Crippen MR) is 408 cm³/mol. The summed E-state index contributed by atoms with van der Waals surface area (Å²) in [6.07, 6.45) is 0. The lowest BCUT2D eigenvalue weighted by Gasteiger charge is -2.36. The molecule has 0 spiro atoms. The van der Waals surface area contributed by atoms with Crippen molar-refractivity contribution in [1.29, 1.82) is 0 Å². The first-order chi connectivity index (χ1) is 47.6. The van der Waals surface area contributed by atoms with E-state index in [-0.39, 0.29) is 21.7 Å². The molecule has 0 saturated heterocycles. The predicted octanol–water partition coefficient (Wildman–Crippen LogP) is 25.5. The van der Waals surface area contributed by atoms with Crippen molar-refractivity contribution >= 4 is 21.9 Å². The number of fused-ring (bicyclic) bond motifs is 19. The maximum atomic E-state index is 7.03. The van der Waals surface area contributed by atoms with E-state index in [1.54, 1.807) is 0 Å². The van der Waals surface area contributed by atoms with Gasteiger partial charge in [0.15, 0.2) is 0 Å². The quantitative estimate of drug-likeness (QED) is 0.155. The van der Waals surface area contributed by atoms with Gasteiger partial charge in [0.2, 0.25) is 0 Å². The van der Waals surface area contributed by atoms with Gasteiger partial charge < -0.3 is 4.42 Å². The summed E-state index contributed by atoms with van der Waals surface area (Å²) in [5.41, 5.74) is 40.5. The van der Waals surface area contributed by atoms with E-state index in [1.807, 2.05) is 0 Å². The van der Waals surface area contributed by atoms with Crippen molar-refractivity contribution in [3.63, 3.8) is 0 Å². The standard InChI is InChI=1S/C97H72O/c1-93(2)75-37-17-12-28-69(75)87-65(33-22-41-79(87)93)59-50-60(66-34-23-42-80-88(66)70-29-13-18-38-76(70)94(80,3)4)53-63(52-59)97(83-48-49-86-92(74-32-16-21-45-85(74)98-86)91(83)73-47-46-58(56-84(73)97)57-26-10-9-11-27-57)64-54-61(67-35-24-43-81-89(67)71-30-14-19-39-77(71)95(81,5)6)51-62(55-64)68-36-25-44-82-90(68)72-31-15-20-40-78(72)96(82,7)8/h9-56H,1-8H3. The van der Waals surface area contributed by atoms with Crippen LogP contribution in [0.15, 0.2) is 296 Å². The van der Waals surface area contributed by atoms with Crippen LogP contribution < -0.4 is 0 Å². The number of furan rings is 1. The van der Waals surface area contributed by atoms with Crippen molar-refractivity contribution in [2.24, 2.45) is 0 Å². The molecule has 0 atom stereocenters. The van der Waals surface area contributed by atoms with Crippen LogP contribution in [0.3, 0.4) is 0 Å². The Balaban J connectivity index is 0.992. The van der Waals surface area contributed by atoms with Crippen LogP contribution in [0.25, 0.3) is 133 Å². The summed E-state index contributed by atoms with van der Waals surface area (Å²) in [5.74, 6) is 0. The van der Waals surface area contributed by atoms with Gasteiger partial charge in [0, 0.05) is 32.4 Å². The molecule has 0 aliphatic heterocycles. The molecule has 15 aromatic rings. The van der Waals surface area contributed by atoms with E-state index in [9.17, 15) is 0 Å². The molecule has 1 heterocycles. The summed E-state index contributed by atoms with van der Waals surface area (Å²) in [6, 6.07) is 113. The van der Waals surface area contributed by atoms with Crippen molar-refractivity contribution in [3.8, 4) is 111 Å². The highest BCUT2D eigenvalue weighted by Crippen LogP contribution is 2.64. The molecular formula is C97H72O. The van der Waals surface area contributed by atoms with Gasteiger partial charge in [0.05, 0.1) is 5.41 Å². The molecule has 0 fully saturated rings. The molecule has 5 aliphatic carbocycles. The topological polar surface area (TPSA) is 13.1 Å². The third kappa shape index (κ3) is 7.52. The Morgan fingerprint density at radius 2 is 0.551 bits per heavy atom. The molecule has 14 aromatic carbocycles. The van der Waals surface area contributed by atoms with Crippen LogP contribution >= 0.6 is 0 Å². The molecule has 1 aromatic heterocycles. The molecule has 0 bridgehead atoms. The van der Waals surface area contributed by atoms with Crippen LogP contribution in [-0.4, -0.2) is 0 Å². The third-order valence-corrected chi connectivity index (χ3v) is 24.2. The SMILES string of the molecule is CC1(C)c2ccccc2-c2c(-c3cc(-c4cccc5c4-c4ccccc4C5(C)C)cc(C4(c5cc(-c6cccc7c6-c6ccccc6C7(C)C)cc(-c6cccc7c6-c6ccccc6C7(C)C)c5)c5cc(-c6ccccc6)ccc5-c5c4ccc4oc6ccccc6c54)c3)cccc21. The number of hydrogen-bond acceptors (Lipinski definition) is 1. The first-order valence-electron chi connectivity index (χ1n) is 35.0. The van der Waals surface area contributed by atoms with E-state index in [2.05, 4.69) is 347 Å². The van der Waals surface area contributed by atoms with Crippen LogP contribution in [0.4, 0.5) is 0 Å². The Hall–Kier alpha value is -11.1. The first kappa shape index (κ1) is 57.2. The molecule has 1 nitrogen and oxygen atoms in total. The highest BCUT2D eigenvalue weighted by Gasteiger charge is 2.50. The van der Waals surface area contributed by atoms with Gasteiger partial charge in [0.1, 0.15) is 11.2 Å². The number of para-hydroxylation sites is 1. The maximum Gasteiger partial charge on any atom is 0.136 e. The molecule has 98 heavy (non-hydrogen) atoms. The van der Waals surface area contributed by atoms with E-state index in [1.165, 1.54) is 178 Å². The molecule has 0 unspecified atom stereocenters. The van der Waals surface area contributed by atoms with Crippen LogP contribution in [0.1, 0.15) is 122 Å². The van der Waals surface area contributed by atoms with Gasteiger partial charge in [-0.1, -0.05) is 292 Å². The fourth-order valence-corrected chi connectivity index (χ4v) is 19.5. The Bertz CT molecular complexity index is 5480. The highest BCUT2D eigenvalue weighted by molar-refractivity contribution is 6.16. The summed E-state index contributed by atoms with van der Waals surface area (Å²) in [6.45, 7) is 19.3. The zero-order valence-corrected chi connectivity index (χ0v) is 56.6. The monoisotopic (exact) mass is 1250 g/mol. The minimum absolute atomic E-state index is 0.216. The Kier molecular flexibility index (Phi) is 11.7. The van der Waals surface area contributed by atoms with Crippen molar-refractivity contribution < 1.29 is 4.42 Å². The van der Waals surface area contributed by atoms with Gasteiger partial charge >= 0.3 is 0 Å². The number of rotatable bonds is 7. The van der Waals surface area contributed by atoms with Gasteiger partial charge in [-0.3, -0.25) is 0 Å². The van der Waals surface area contributed by atoms with E-state index in [4.69, 9.17) is 4.42 Å². The molecule has 0 radical (unpaired) electrons. The van der Waals surface area contributed by atoms with Gasteiger partial charge in [-0.2, -0.15) is 0 Å². The van der Waals surface area contributed by atoms with E-state index in [0.717, 1.165) is 21.9 Å². The smallest absolute Gasteiger partial charge is 0.136 e. The second-order valence-corrected chi connectivity index (χ2v) is 30.5. The van der Waals surface area contributed by atoms with Crippen molar-refractivity contribution in [1.82, 2.24) is 0 Å². The summed E-state index contributed by atoms with van der Waals surface area (Å²) in [4.78, 5) is 0. The lowest BCUT2D eigenvalue weighted by molar-refractivity contribution is 0.660. The molecule has 466 valence electrons. The fourth-order valence-electron chi connectivity index (χ4n) is 19.5. The number of benzene rings is 14. The maximum absolute atomic E-state index is 7.03. The van der Waals surface area contributed by atoms with Gasteiger partial charge in [-0.05, 0) is 233 Å². The van der Waals surface area contributed by atoms with Gasteiger partial charge in [-0.25, -0.2) is 0 Å². The van der Waals surface area contributed by atoms with Crippen LogP contribution in [0.2, 0.25) is 0 Å². The Morgan fingerprint density at radius 3 is 0.969 bits per heavy atom.